The molecule has 0 amide bonds. The van der Waals surface area contributed by atoms with E-state index in [-0.39, 0.29) is 0 Å². The second-order valence-electron chi connectivity index (χ2n) is 4.84. The van der Waals surface area contributed by atoms with Crippen LogP contribution in [0.15, 0.2) is 30.3 Å². The van der Waals surface area contributed by atoms with Crippen LogP contribution in [0.5, 0.6) is 0 Å². The number of rotatable bonds is 3. The molecule has 19 heavy (non-hydrogen) atoms. The summed E-state index contributed by atoms with van der Waals surface area (Å²) in [6, 6.07) is 9.75. The number of carboxylic acids is 1. The van der Waals surface area contributed by atoms with Crippen LogP contribution in [0.4, 0.5) is 5.69 Å². The zero-order valence-electron chi connectivity index (χ0n) is 11.6. The van der Waals surface area contributed by atoms with E-state index in [0.29, 0.717) is 5.56 Å². The van der Waals surface area contributed by atoms with Crippen molar-refractivity contribution in [3.05, 3.63) is 47.3 Å². The summed E-state index contributed by atoms with van der Waals surface area (Å²) < 4.78 is 1.96. The molecule has 1 heterocycles. The van der Waals surface area contributed by atoms with Gasteiger partial charge in [-0.25, -0.2) is 4.79 Å². The number of benzene rings is 1. The molecular formula is C15H18N2O2. The highest BCUT2D eigenvalue weighted by Gasteiger charge is 2.15. The van der Waals surface area contributed by atoms with Gasteiger partial charge in [0.05, 0.1) is 5.56 Å². The lowest BCUT2D eigenvalue weighted by Gasteiger charge is -2.14. The molecule has 0 aliphatic carbocycles. The highest BCUT2D eigenvalue weighted by molar-refractivity contribution is 5.89. The first-order valence-corrected chi connectivity index (χ1v) is 6.12. The first-order valence-electron chi connectivity index (χ1n) is 6.12. The molecule has 1 aromatic carbocycles. The minimum Gasteiger partial charge on any atom is -0.478 e. The zero-order chi connectivity index (χ0) is 14.2. The molecule has 0 aliphatic heterocycles. The molecule has 2 aromatic rings. The smallest absolute Gasteiger partial charge is 0.337 e. The summed E-state index contributed by atoms with van der Waals surface area (Å²) >= 11 is 0. The maximum Gasteiger partial charge on any atom is 0.337 e. The fourth-order valence-corrected chi connectivity index (χ4v) is 2.28. The van der Waals surface area contributed by atoms with E-state index in [1.165, 1.54) is 0 Å². The van der Waals surface area contributed by atoms with E-state index >= 15 is 0 Å². The second-order valence-corrected chi connectivity index (χ2v) is 4.84. The lowest BCUT2D eigenvalue weighted by Crippen LogP contribution is -2.08. The van der Waals surface area contributed by atoms with Crippen molar-refractivity contribution < 1.29 is 9.90 Å². The number of carboxylic acid groups (broad SMARTS) is 1. The molecule has 0 atom stereocenters. The van der Waals surface area contributed by atoms with Gasteiger partial charge < -0.3 is 14.6 Å². The van der Waals surface area contributed by atoms with Crippen LogP contribution in [-0.4, -0.2) is 29.7 Å². The third-order valence-electron chi connectivity index (χ3n) is 3.29. The molecule has 2 rings (SSSR count). The van der Waals surface area contributed by atoms with Crippen LogP contribution in [0.3, 0.4) is 0 Å². The predicted molar refractivity (Wildman–Crippen MR) is 76.5 cm³/mol. The summed E-state index contributed by atoms with van der Waals surface area (Å²) in [6.45, 7) is 3.75. The van der Waals surface area contributed by atoms with Crippen molar-refractivity contribution in [2.24, 2.45) is 0 Å². The molecule has 1 aromatic heterocycles. The number of aromatic carboxylic acids is 1. The maximum atomic E-state index is 11.1. The van der Waals surface area contributed by atoms with Crippen molar-refractivity contribution in [2.75, 3.05) is 19.0 Å². The Hall–Kier alpha value is -2.23. The second kappa shape index (κ2) is 4.80. The van der Waals surface area contributed by atoms with Crippen molar-refractivity contribution in [3.8, 4) is 5.69 Å². The van der Waals surface area contributed by atoms with Crippen LogP contribution in [0.25, 0.3) is 5.69 Å². The predicted octanol–water partition coefficient (Wildman–Crippen LogP) is 2.86. The van der Waals surface area contributed by atoms with E-state index in [9.17, 15) is 4.79 Å². The summed E-state index contributed by atoms with van der Waals surface area (Å²) in [5.74, 6) is -0.885. The van der Waals surface area contributed by atoms with Crippen LogP contribution in [0.1, 0.15) is 21.7 Å². The van der Waals surface area contributed by atoms with Gasteiger partial charge in [-0.2, -0.15) is 0 Å². The third kappa shape index (κ3) is 2.34. The molecule has 0 saturated heterocycles. The zero-order valence-corrected chi connectivity index (χ0v) is 11.6. The molecule has 0 fully saturated rings. The van der Waals surface area contributed by atoms with E-state index in [2.05, 4.69) is 0 Å². The standard InChI is InChI=1S/C15H18N2O2/c1-10-9-14(15(18)19)11(2)17(10)13-7-5-12(6-8-13)16(3)4/h5-9H,1-4H3,(H,18,19). The van der Waals surface area contributed by atoms with Gasteiger partial charge in [0, 0.05) is 36.9 Å². The summed E-state index contributed by atoms with van der Waals surface area (Å²) in [5, 5.41) is 9.15. The summed E-state index contributed by atoms with van der Waals surface area (Å²) in [6.07, 6.45) is 0. The molecular weight excluding hydrogens is 240 g/mol. The first kappa shape index (κ1) is 13.2. The average Bonchev–Trinajstić information content (AvgIpc) is 2.65. The SMILES string of the molecule is Cc1cc(C(=O)O)c(C)n1-c1ccc(N(C)C)cc1. The Balaban J connectivity index is 2.50. The topological polar surface area (TPSA) is 45.5 Å². The van der Waals surface area contributed by atoms with Crippen molar-refractivity contribution in [2.45, 2.75) is 13.8 Å². The molecule has 0 bridgehead atoms. The summed E-state index contributed by atoms with van der Waals surface area (Å²) in [5.41, 5.74) is 4.13. The molecule has 100 valence electrons. The van der Waals surface area contributed by atoms with Crippen LogP contribution < -0.4 is 4.90 Å². The molecule has 0 spiro atoms. The molecule has 0 saturated carbocycles. The number of anilines is 1. The van der Waals surface area contributed by atoms with Crippen molar-refractivity contribution in [3.63, 3.8) is 0 Å². The van der Waals surface area contributed by atoms with E-state index < -0.39 is 5.97 Å². The van der Waals surface area contributed by atoms with Gasteiger partial charge in [0.2, 0.25) is 0 Å². The van der Waals surface area contributed by atoms with E-state index in [1.54, 1.807) is 6.07 Å². The van der Waals surface area contributed by atoms with Crippen LogP contribution in [0.2, 0.25) is 0 Å². The fourth-order valence-electron chi connectivity index (χ4n) is 2.28. The van der Waals surface area contributed by atoms with Crippen molar-refractivity contribution in [1.29, 1.82) is 0 Å². The number of nitrogens with zero attached hydrogens (tertiary/aromatic N) is 2. The van der Waals surface area contributed by atoms with Gasteiger partial charge in [-0.3, -0.25) is 0 Å². The van der Waals surface area contributed by atoms with Crippen LogP contribution >= 0.6 is 0 Å². The number of hydrogen-bond acceptors (Lipinski definition) is 2. The minimum atomic E-state index is -0.885. The van der Waals surface area contributed by atoms with Gasteiger partial charge in [-0.15, -0.1) is 0 Å². The molecule has 4 nitrogen and oxygen atoms in total. The van der Waals surface area contributed by atoms with Gasteiger partial charge >= 0.3 is 5.97 Å². The Bertz CT molecular complexity index is 610. The quantitative estimate of drug-likeness (QED) is 0.920. The Kier molecular flexibility index (Phi) is 3.34. The maximum absolute atomic E-state index is 11.1. The van der Waals surface area contributed by atoms with Gasteiger partial charge in [0.1, 0.15) is 0 Å². The van der Waals surface area contributed by atoms with Gasteiger partial charge in [-0.1, -0.05) is 0 Å². The van der Waals surface area contributed by atoms with Crippen molar-refractivity contribution in [1.82, 2.24) is 4.57 Å². The lowest BCUT2D eigenvalue weighted by atomic mass is 10.2. The molecule has 0 radical (unpaired) electrons. The minimum absolute atomic E-state index is 0.356. The Morgan fingerprint density at radius 3 is 2.16 bits per heavy atom. The number of aromatic nitrogens is 1. The monoisotopic (exact) mass is 258 g/mol. The molecule has 4 heteroatoms. The Morgan fingerprint density at radius 2 is 1.74 bits per heavy atom. The summed E-state index contributed by atoms with van der Waals surface area (Å²) in [4.78, 5) is 13.2. The number of aryl methyl sites for hydroxylation is 1. The van der Waals surface area contributed by atoms with E-state index in [0.717, 1.165) is 22.8 Å². The third-order valence-corrected chi connectivity index (χ3v) is 3.29. The largest absolute Gasteiger partial charge is 0.478 e. The lowest BCUT2D eigenvalue weighted by molar-refractivity contribution is 0.0696. The average molecular weight is 258 g/mol. The molecule has 1 N–H and O–H groups in total. The Labute approximate surface area is 112 Å². The first-order chi connectivity index (χ1) is 8.91. The highest BCUT2D eigenvalue weighted by Crippen LogP contribution is 2.22. The van der Waals surface area contributed by atoms with Crippen LogP contribution in [-0.2, 0) is 0 Å². The van der Waals surface area contributed by atoms with Crippen molar-refractivity contribution >= 4 is 11.7 Å². The normalized spacial score (nSPS) is 10.5. The molecule has 0 unspecified atom stereocenters. The number of hydrogen-bond donors (Lipinski definition) is 1. The molecule has 0 aliphatic rings. The highest BCUT2D eigenvalue weighted by atomic mass is 16.4. The van der Waals surface area contributed by atoms with E-state index in [1.807, 2.05) is 61.7 Å². The van der Waals surface area contributed by atoms with Gasteiger partial charge in [0.25, 0.3) is 0 Å². The Morgan fingerprint density at radius 1 is 1.16 bits per heavy atom. The van der Waals surface area contributed by atoms with E-state index in [4.69, 9.17) is 5.11 Å². The van der Waals surface area contributed by atoms with Gasteiger partial charge in [0.15, 0.2) is 0 Å². The van der Waals surface area contributed by atoms with Crippen LogP contribution in [0, 0.1) is 13.8 Å². The fraction of sp³-hybridized carbons (Fsp3) is 0.267. The summed E-state index contributed by atoms with van der Waals surface area (Å²) in [7, 11) is 3.98. The number of carbonyl (C=O) groups is 1. The van der Waals surface area contributed by atoms with Gasteiger partial charge in [-0.05, 0) is 44.2 Å².